The maximum absolute atomic E-state index is 15.5. The van der Waals surface area contributed by atoms with Crippen LogP contribution in [-0.2, 0) is 29.0 Å². The topological polar surface area (TPSA) is 88.4 Å². The van der Waals surface area contributed by atoms with Crippen molar-refractivity contribution in [1.82, 2.24) is 19.5 Å². The Morgan fingerprint density at radius 3 is 2.65 bits per heavy atom. The quantitative estimate of drug-likeness (QED) is 0.124. The number of aromatic nitrogens is 4. The predicted molar refractivity (Wildman–Crippen MR) is 159 cm³/mol. The number of halogens is 4. The number of imidazole rings is 1. The molecular weight excluding hydrogens is 646 g/mol. The molecule has 4 heterocycles. The first-order valence-electron chi connectivity index (χ1n) is 13.4. The number of benzene rings is 2. The van der Waals surface area contributed by atoms with Gasteiger partial charge in [0, 0.05) is 30.2 Å². The van der Waals surface area contributed by atoms with E-state index in [9.17, 15) is 4.79 Å². The summed E-state index contributed by atoms with van der Waals surface area (Å²) in [6.45, 7) is 1.23. The molecule has 1 saturated heterocycles. The Balaban J connectivity index is 1.27. The maximum atomic E-state index is 15.5. The third-order valence-electron chi connectivity index (χ3n) is 7.18. The first-order chi connectivity index (χ1) is 20.8. The van der Waals surface area contributed by atoms with Gasteiger partial charge in [0.2, 0.25) is 5.88 Å². The summed E-state index contributed by atoms with van der Waals surface area (Å²) in [5.41, 5.74) is 2.67. The van der Waals surface area contributed by atoms with Crippen LogP contribution in [0.3, 0.4) is 0 Å². The van der Waals surface area contributed by atoms with Gasteiger partial charge in [-0.3, -0.25) is 0 Å². The minimum atomic E-state index is -0.640. The summed E-state index contributed by atoms with van der Waals surface area (Å²) in [5, 5.41) is 0.284. The largest absolute Gasteiger partial charge is 0.473 e. The van der Waals surface area contributed by atoms with E-state index in [1.54, 1.807) is 48.5 Å². The van der Waals surface area contributed by atoms with Gasteiger partial charge in [-0.2, -0.15) is 0 Å². The van der Waals surface area contributed by atoms with Gasteiger partial charge >= 0.3 is 5.97 Å². The summed E-state index contributed by atoms with van der Waals surface area (Å²) in [5.74, 6) is -0.978. The zero-order chi connectivity index (χ0) is 30.1. The zero-order valence-electron chi connectivity index (χ0n) is 22.8. The lowest BCUT2D eigenvalue weighted by Crippen LogP contribution is -2.31. The van der Waals surface area contributed by atoms with Crippen molar-refractivity contribution < 1.29 is 27.8 Å². The molecule has 0 saturated carbocycles. The molecule has 12 heteroatoms. The molecular formula is C31H24BrClF2N4O4. The Hall–Kier alpha value is -3.93. The van der Waals surface area contributed by atoms with Crippen LogP contribution in [-0.4, -0.2) is 45.3 Å². The van der Waals surface area contributed by atoms with Gasteiger partial charge in [0.15, 0.2) is 0 Å². The fraction of sp³-hybridized carbons (Fsp3) is 0.226. The zero-order valence-corrected chi connectivity index (χ0v) is 25.2. The Bertz CT molecular complexity index is 1850. The molecule has 1 fully saturated rings. The summed E-state index contributed by atoms with van der Waals surface area (Å²) < 4.78 is 49.7. The molecule has 0 bridgehead atoms. The second kappa shape index (κ2) is 12.4. The van der Waals surface area contributed by atoms with Gasteiger partial charge in [0.1, 0.15) is 33.8 Å². The molecule has 0 amide bonds. The third kappa shape index (κ3) is 6.24. The molecule has 0 unspecified atom stereocenters. The van der Waals surface area contributed by atoms with E-state index in [1.165, 1.54) is 7.11 Å². The van der Waals surface area contributed by atoms with Crippen molar-refractivity contribution in [3.05, 3.63) is 105 Å². The number of carbonyl (C=O) groups is 1. The molecule has 0 N–H and O–H groups in total. The van der Waals surface area contributed by atoms with Crippen LogP contribution in [0.15, 0.2) is 65.3 Å². The first-order valence-corrected chi connectivity index (χ1v) is 14.5. The summed E-state index contributed by atoms with van der Waals surface area (Å²) >= 11 is 9.42. The van der Waals surface area contributed by atoms with Gasteiger partial charge in [0.25, 0.3) is 0 Å². The molecule has 2 aromatic carbocycles. The van der Waals surface area contributed by atoms with Crippen LogP contribution in [0.1, 0.15) is 33.7 Å². The number of nitrogens with zero attached hydrogens (tertiary/aromatic N) is 4. The molecule has 220 valence electrons. The molecule has 1 aliphatic rings. The lowest BCUT2D eigenvalue weighted by molar-refractivity contribution is -0.0589. The molecule has 0 radical (unpaired) electrons. The lowest BCUT2D eigenvalue weighted by atomic mass is 10.0. The number of fused-ring (bicyclic) bond motifs is 1. The second-order valence-electron chi connectivity index (χ2n) is 9.95. The fourth-order valence-electron chi connectivity index (χ4n) is 4.82. The van der Waals surface area contributed by atoms with Crippen LogP contribution >= 0.6 is 27.5 Å². The number of pyridine rings is 2. The molecule has 3 aromatic heterocycles. The smallest absolute Gasteiger partial charge is 0.337 e. The van der Waals surface area contributed by atoms with Crippen molar-refractivity contribution in [2.45, 2.75) is 32.1 Å². The summed E-state index contributed by atoms with van der Waals surface area (Å²) in [7, 11) is 1.31. The summed E-state index contributed by atoms with van der Waals surface area (Å²) in [6, 6.07) is 15.7. The van der Waals surface area contributed by atoms with Crippen LogP contribution in [0, 0.1) is 11.6 Å². The van der Waals surface area contributed by atoms with Crippen molar-refractivity contribution in [1.29, 1.82) is 0 Å². The van der Waals surface area contributed by atoms with Crippen molar-refractivity contribution >= 4 is 44.5 Å². The molecule has 43 heavy (non-hydrogen) atoms. The van der Waals surface area contributed by atoms with E-state index in [1.807, 2.05) is 4.57 Å². The number of rotatable bonds is 9. The van der Waals surface area contributed by atoms with E-state index in [2.05, 4.69) is 30.9 Å². The van der Waals surface area contributed by atoms with Crippen molar-refractivity contribution in [2.75, 3.05) is 13.7 Å². The maximum Gasteiger partial charge on any atom is 0.337 e. The minimum absolute atomic E-state index is 0.00543. The lowest BCUT2D eigenvalue weighted by Gasteiger charge is -2.27. The van der Waals surface area contributed by atoms with Gasteiger partial charge in [-0.05, 0) is 76.4 Å². The van der Waals surface area contributed by atoms with E-state index in [0.717, 1.165) is 18.6 Å². The first kappa shape index (κ1) is 29.2. The van der Waals surface area contributed by atoms with Gasteiger partial charge in [-0.15, -0.1) is 0 Å². The summed E-state index contributed by atoms with van der Waals surface area (Å²) in [6.07, 6.45) is 0.867. The van der Waals surface area contributed by atoms with Crippen LogP contribution in [0.25, 0.3) is 22.3 Å². The highest BCUT2D eigenvalue weighted by atomic mass is 79.9. The average molecular weight is 670 g/mol. The van der Waals surface area contributed by atoms with E-state index >= 15 is 8.78 Å². The van der Waals surface area contributed by atoms with Gasteiger partial charge in [-0.25, -0.2) is 28.5 Å². The third-order valence-corrected chi connectivity index (χ3v) is 7.95. The number of esters is 1. The number of hydrogen-bond acceptors (Lipinski definition) is 7. The normalized spacial score (nSPS) is 14.5. The fourth-order valence-corrected chi connectivity index (χ4v) is 5.44. The average Bonchev–Trinajstić information content (AvgIpc) is 3.31. The van der Waals surface area contributed by atoms with Gasteiger partial charge in [0.05, 0.1) is 42.0 Å². The molecule has 6 rings (SSSR count). The molecule has 0 aliphatic carbocycles. The Morgan fingerprint density at radius 2 is 1.91 bits per heavy atom. The molecule has 1 aliphatic heterocycles. The highest BCUT2D eigenvalue weighted by Gasteiger charge is 2.24. The van der Waals surface area contributed by atoms with Crippen molar-refractivity contribution in [3.63, 3.8) is 0 Å². The SMILES string of the molecule is COC(=O)c1ccc2nc(Cc3cc(F)c(-c4cccc(OCc5ccc(Br)nc5Cl)n4)cc3F)n(C[C@@H]3CCO3)c2c1. The highest BCUT2D eigenvalue weighted by molar-refractivity contribution is 9.10. The highest BCUT2D eigenvalue weighted by Crippen LogP contribution is 2.29. The molecule has 0 spiro atoms. The van der Waals surface area contributed by atoms with E-state index < -0.39 is 17.6 Å². The van der Waals surface area contributed by atoms with Crippen LogP contribution in [0.5, 0.6) is 5.88 Å². The Morgan fingerprint density at radius 1 is 1.07 bits per heavy atom. The number of carbonyl (C=O) groups excluding carboxylic acids is 1. The van der Waals surface area contributed by atoms with Crippen LogP contribution < -0.4 is 4.74 Å². The van der Waals surface area contributed by atoms with Crippen molar-refractivity contribution in [2.24, 2.45) is 0 Å². The minimum Gasteiger partial charge on any atom is -0.473 e. The second-order valence-corrected chi connectivity index (χ2v) is 11.1. The molecule has 5 aromatic rings. The number of methoxy groups -OCH3 is 1. The van der Waals surface area contributed by atoms with Crippen molar-refractivity contribution in [3.8, 4) is 17.1 Å². The van der Waals surface area contributed by atoms with Gasteiger partial charge < -0.3 is 18.8 Å². The summed E-state index contributed by atoms with van der Waals surface area (Å²) in [4.78, 5) is 25.3. The van der Waals surface area contributed by atoms with E-state index in [4.69, 9.17) is 25.8 Å². The van der Waals surface area contributed by atoms with Crippen LogP contribution in [0.2, 0.25) is 5.15 Å². The number of hydrogen-bond donors (Lipinski definition) is 0. The predicted octanol–water partition coefficient (Wildman–Crippen LogP) is 6.93. The van der Waals surface area contributed by atoms with Gasteiger partial charge in [-0.1, -0.05) is 17.7 Å². The standard InChI is InChI=1S/C31H24BrClF2N4O4/c1-41-31(40)17-5-7-25-26(12-17)39(15-20-9-10-42-20)28(36-25)13-19-11-23(35)21(14-22(19)34)24-3-2-4-29(37-24)43-16-18-6-8-27(32)38-30(18)33/h2-8,11-12,14,20H,9-10,13,15-16H2,1H3/t20-/m0/s1. The molecule has 1 atom stereocenters. The van der Waals surface area contributed by atoms with E-state index in [-0.39, 0.29) is 47.0 Å². The Kier molecular flexibility index (Phi) is 8.38. The van der Waals surface area contributed by atoms with E-state index in [0.29, 0.717) is 45.7 Å². The number of ether oxygens (including phenoxy) is 3. The monoisotopic (exact) mass is 668 g/mol. The molecule has 8 nitrogen and oxygen atoms in total. The Labute approximate surface area is 258 Å². The van der Waals surface area contributed by atoms with Crippen LogP contribution in [0.4, 0.5) is 8.78 Å².